The molecular weight excluding hydrogens is 447 g/mol. The SMILES string of the molecule is CCNC(=NCC(=O)N(C)C)NCC(C)(C)c1ccc2c(c1)OCO2.I. The van der Waals surface area contributed by atoms with Gasteiger partial charge in [0, 0.05) is 32.6 Å². The predicted octanol–water partition coefficient (Wildman–Crippen LogP) is 1.95. The number of aliphatic imine (C=N–C) groups is 1. The van der Waals surface area contributed by atoms with Gasteiger partial charge in [0.15, 0.2) is 17.5 Å². The zero-order valence-electron chi connectivity index (χ0n) is 16.1. The first-order valence-electron chi connectivity index (χ1n) is 8.46. The lowest BCUT2D eigenvalue weighted by atomic mass is 9.84. The Hall–Kier alpha value is -1.71. The second kappa shape index (κ2) is 9.84. The first-order valence-corrected chi connectivity index (χ1v) is 8.46. The van der Waals surface area contributed by atoms with Crippen molar-refractivity contribution in [2.24, 2.45) is 4.99 Å². The molecule has 0 bridgehead atoms. The number of hydrogen-bond donors (Lipinski definition) is 2. The fourth-order valence-electron chi connectivity index (χ4n) is 2.35. The molecule has 0 aliphatic carbocycles. The molecule has 1 aliphatic rings. The van der Waals surface area contributed by atoms with Crippen LogP contribution in [0.5, 0.6) is 11.5 Å². The minimum Gasteiger partial charge on any atom is -0.454 e. The Morgan fingerprint density at radius 2 is 1.92 bits per heavy atom. The van der Waals surface area contributed by atoms with Crippen molar-refractivity contribution in [3.8, 4) is 11.5 Å². The van der Waals surface area contributed by atoms with E-state index in [9.17, 15) is 4.79 Å². The highest BCUT2D eigenvalue weighted by atomic mass is 127. The second-order valence-electron chi connectivity index (χ2n) is 6.79. The Morgan fingerprint density at radius 1 is 1.23 bits per heavy atom. The van der Waals surface area contributed by atoms with Crippen LogP contribution < -0.4 is 20.1 Å². The van der Waals surface area contributed by atoms with E-state index in [1.165, 1.54) is 4.90 Å². The van der Waals surface area contributed by atoms with Crippen LogP contribution in [0.15, 0.2) is 23.2 Å². The lowest BCUT2D eigenvalue weighted by Crippen LogP contribution is -2.44. The molecule has 0 unspecified atom stereocenters. The number of halogens is 1. The Bertz CT molecular complexity index is 647. The minimum absolute atomic E-state index is 0. The molecule has 2 rings (SSSR count). The Labute approximate surface area is 172 Å². The molecule has 2 N–H and O–H groups in total. The number of rotatable bonds is 6. The van der Waals surface area contributed by atoms with E-state index >= 15 is 0 Å². The maximum Gasteiger partial charge on any atom is 0.243 e. The van der Waals surface area contributed by atoms with Gasteiger partial charge in [-0.3, -0.25) is 4.79 Å². The number of hydrogen-bond acceptors (Lipinski definition) is 4. The standard InChI is InChI=1S/C18H28N4O3.HI/c1-6-19-17(20-10-16(23)22(4)5)21-11-18(2,3)13-7-8-14-15(9-13)25-12-24-14;/h7-9H,6,10-12H2,1-5H3,(H2,19,20,21);1H. The second-order valence-corrected chi connectivity index (χ2v) is 6.79. The summed E-state index contributed by atoms with van der Waals surface area (Å²) >= 11 is 0. The number of amides is 1. The van der Waals surface area contributed by atoms with Gasteiger partial charge < -0.3 is 25.0 Å². The lowest BCUT2D eigenvalue weighted by molar-refractivity contribution is -0.127. The first-order chi connectivity index (χ1) is 11.8. The average molecular weight is 476 g/mol. The fourth-order valence-corrected chi connectivity index (χ4v) is 2.35. The first kappa shape index (κ1) is 22.3. The molecule has 146 valence electrons. The van der Waals surface area contributed by atoms with Gasteiger partial charge in [-0.05, 0) is 24.6 Å². The molecule has 0 radical (unpaired) electrons. The Kier molecular flexibility index (Phi) is 8.45. The van der Waals surface area contributed by atoms with Crippen molar-refractivity contribution in [3.05, 3.63) is 23.8 Å². The predicted molar refractivity (Wildman–Crippen MR) is 114 cm³/mol. The van der Waals surface area contributed by atoms with Crippen LogP contribution in [0.1, 0.15) is 26.3 Å². The molecule has 7 nitrogen and oxygen atoms in total. The number of carbonyl (C=O) groups excluding carboxylic acids is 1. The third-order valence-electron chi connectivity index (χ3n) is 4.07. The third-order valence-corrected chi connectivity index (χ3v) is 4.07. The summed E-state index contributed by atoms with van der Waals surface area (Å²) in [4.78, 5) is 17.6. The van der Waals surface area contributed by atoms with E-state index < -0.39 is 0 Å². The monoisotopic (exact) mass is 476 g/mol. The summed E-state index contributed by atoms with van der Waals surface area (Å²) in [6, 6.07) is 6.01. The molecule has 1 aliphatic heterocycles. The lowest BCUT2D eigenvalue weighted by Gasteiger charge is -2.27. The van der Waals surface area contributed by atoms with Gasteiger partial charge in [-0.15, -0.1) is 24.0 Å². The zero-order chi connectivity index (χ0) is 18.4. The molecular formula is C18H29IN4O3. The maximum atomic E-state index is 11.7. The molecule has 1 amide bonds. The Balaban J connectivity index is 0.00000338. The van der Waals surface area contributed by atoms with Gasteiger partial charge in [-0.2, -0.15) is 0 Å². The van der Waals surface area contributed by atoms with E-state index in [0.29, 0.717) is 12.5 Å². The number of carbonyl (C=O) groups is 1. The molecule has 1 aromatic carbocycles. The highest BCUT2D eigenvalue weighted by Crippen LogP contribution is 2.36. The fraction of sp³-hybridized carbons (Fsp3) is 0.556. The van der Waals surface area contributed by atoms with Crippen molar-refractivity contribution in [1.29, 1.82) is 0 Å². The normalized spacial score (nSPS) is 13.0. The summed E-state index contributed by atoms with van der Waals surface area (Å²) < 4.78 is 10.8. The van der Waals surface area contributed by atoms with Crippen LogP contribution in [0.2, 0.25) is 0 Å². The molecule has 0 aromatic heterocycles. The van der Waals surface area contributed by atoms with E-state index in [1.54, 1.807) is 14.1 Å². The van der Waals surface area contributed by atoms with Crippen LogP contribution in [-0.2, 0) is 10.2 Å². The summed E-state index contributed by atoms with van der Waals surface area (Å²) in [6.45, 7) is 8.06. The van der Waals surface area contributed by atoms with Crippen LogP contribution >= 0.6 is 24.0 Å². The number of nitrogens with zero attached hydrogens (tertiary/aromatic N) is 2. The van der Waals surface area contributed by atoms with Gasteiger partial charge >= 0.3 is 0 Å². The zero-order valence-corrected chi connectivity index (χ0v) is 18.4. The molecule has 8 heteroatoms. The Morgan fingerprint density at radius 3 is 2.58 bits per heavy atom. The van der Waals surface area contributed by atoms with Crippen LogP contribution in [0.3, 0.4) is 0 Å². The molecule has 0 fully saturated rings. The van der Waals surface area contributed by atoms with Gasteiger partial charge in [-0.1, -0.05) is 19.9 Å². The third kappa shape index (κ3) is 5.93. The van der Waals surface area contributed by atoms with Crippen molar-refractivity contribution in [1.82, 2.24) is 15.5 Å². The van der Waals surface area contributed by atoms with Gasteiger partial charge in [0.1, 0.15) is 6.54 Å². The minimum atomic E-state index is -0.150. The van der Waals surface area contributed by atoms with E-state index in [1.807, 2.05) is 19.1 Å². The maximum absolute atomic E-state index is 11.7. The van der Waals surface area contributed by atoms with Crippen molar-refractivity contribution in [2.45, 2.75) is 26.2 Å². The highest BCUT2D eigenvalue weighted by Gasteiger charge is 2.24. The van der Waals surface area contributed by atoms with Gasteiger partial charge in [0.2, 0.25) is 12.7 Å². The summed E-state index contributed by atoms with van der Waals surface area (Å²) in [6.07, 6.45) is 0. The molecule has 1 aromatic rings. The average Bonchev–Trinajstić information content (AvgIpc) is 3.04. The number of guanidine groups is 1. The molecule has 0 atom stereocenters. The summed E-state index contributed by atoms with van der Waals surface area (Å²) in [5.41, 5.74) is 0.993. The van der Waals surface area contributed by atoms with Crippen molar-refractivity contribution < 1.29 is 14.3 Å². The largest absolute Gasteiger partial charge is 0.454 e. The molecule has 0 spiro atoms. The molecule has 26 heavy (non-hydrogen) atoms. The van der Waals surface area contributed by atoms with E-state index in [-0.39, 0.29) is 48.6 Å². The van der Waals surface area contributed by atoms with Crippen LogP contribution in [-0.4, -0.2) is 57.3 Å². The van der Waals surface area contributed by atoms with Gasteiger partial charge in [0.25, 0.3) is 0 Å². The summed E-state index contributed by atoms with van der Waals surface area (Å²) in [5.74, 6) is 2.16. The summed E-state index contributed by atoms with van der Waals surface area (Å²) in [7, 11) is 3.45. The van der Waals surface area contributed by atoms with Crippen molar-refractivity contribution >= 4 is 35.8 Å². The van der Waals surface area contributed by atoms with Crippen molar-refractivity contribution in [2.75, 3.05) is 40.5 Å². The molecule has 0 saturated heterocycles. The quantitative estimate of drug-likeness (QED) is 0.373. The number of nitrogens with one attached hydrogen (secondary N) is 2. The van der Waals surface area contributed by atoms with E-state index in [2.05, 4.69) is 35.5 Å². The van der Waals surface area contributed by atoms with Gasteiger partial charge in [0.05, 0.1) is 0 Å². The van der Waals surface area contributed by atoms with Crippen LogP contribution in [0.4, 0.5) is 0 Å². The van der Waals surface area contributed by atoms with Crippen molar-refractivity contribution in [3.63, 3.8) is 0 Å². The van der Waals surface area contributed by atoms with Gasteiger partial charge in [-0.25, -0.2) is 4.99 Å². The highest BCUT2D eigenvalue weighted by molar-refractivity contribution is 14.0. The number of likely N-dealkylation sites (N-methyl/N-ethyl adjacent to an activating group) is 1. The smallest absolute Gasteiger partial charge is 0.243 e. The number of benzene rings is 1. The van der Waals surface area contributed by atoms with Crippen LogP contribution in [0, 0.1) is 0 Å². The summed E-state index contributed by atoms with van der Waals surface area (Å²) in [5, 5.41) is 6.48. The number of ether oxygens (including phenoxy) is 2. The van der Waals surface area contributed by atoms with E-state index in [4.69, 9.17) is 9.47 Å². The molecule has 0 saturated carbocycles. The molecule has 1 heterocycles. The van der Waals surface area contributed by atoms with E-state index in [0.717, 1.165) is 23.6 Å². The van der Waals surface area contributed by atoms with Crippen LogP contribution in [0.25, 0.3) is 0 Å². The topological polar surface area (TPSA) is 75.2 Å². The number of fused-ring (bicyclic) bond motifs is 1.